The predicted octanol–water partition coefficient (Wildman–Crippen LogP) is 2.01. The largest absolute Gasteiger partial charge is 0.422 e. The van der Waals surface area contributed by atoms with Gasteiger partial charge in [0.2, 0.25) is 11.8 Å². The minimum atomic E-state index is -1.70. The summed E-state index contributed by atoms with van der Waals surface area (Å²) in [4.78, 5) is 61.6. The molecule has 2 bridgehead atoms. The fraction of sp³-hybridized carbons (Fsp3) is 0.400. The number of carbonyl (C=O) groups is 4. The highest BCUT2D eigenvalue weighted by molar-refractivity contribution is 9.10. The smallest absolute Gasteiger partial charge is 0.305 e. The zero-order valence-electron chi connectivity index (χ0n) is 17.1. The molecule has 32 heavy (non-hydrogen) atoms. The van der Waals surface area contributed by atoms with Gasteiger partial charge in [-0.1, -0.05) is 6.08 Å². The molecule has 3 aliphatic heterocycles. The Morgan fingerprint density at radius 2 is 1.75 bits per heavy atom. The second-order valence-corrected chi connectivity index (χ2v) is 8.74. The number of anilines is 1. The van der Waals surface area contributed by atoms with E-state index in [1.165, 1.54) is 24.3 Å². The van der Waals surface area contributed by atoms with Crippen LogP contribution in [0.15, 0.2) is 34.8 Å². The molecule has 3 heterocycles. The molecule has 1 aromatic carbocycles. The molecule has 11 nitrogen and oxygen atoms in total. The Bertz CT molecular complexity index is 1100. The van der Waals surface area contributed by atoms with Gasteiger partial charge in [0.25, 0.3) is 12.0 Å². The molecule has 1 aromatic rings. The van der Waals surface area contributed by atoms with E-state index in [4.69, 9.17) is 14.2 Å². The Morgan fingerprint density at radius 3 is 2.28 bits per heavy atom. The van der Waals surface area contributed by atoms with Crippen molar-refractivity contribution in [1.82, 2.24) is 0 Å². The summed E-state index contributed by atoms with van der Waals surface area (Å²) in [5.41, 5.74) is -3.03. The SMILES string of the molecule is CC(=O)OC(OC(C)=O)[C@@]12C=C[C@@](C)(O1)[C@H]1C(=O)N(c3ccc([N+](=O)[O-])cc3Br)C(=O)[C@H]12. The summed E-state index contributed by atoms with van der Waals surface area (Å²) in [6.07, 6.45) is 1.46. The summed E-state index contributed by atoms with van der Waals surface area (Å²) in [5.74, 6) is -4.95. The number of benzene rings is 1. The van der Waals surface area contributed by atoms with Crippen LogP contribution in [0.4, 0.5) is 11.4 Å². The van der Waals surface area contributed by atoms with Crippen LogP contribution in [0, 0.1) is 22.0 Å². The van der Waals surface area contributed by atoms with Crippen molar-refractivity contribution in [3.05, 3.63) is 44.9 Å². The lowest BCUT2D eigenvalue weighted by molar-refractivity contribution is -0.384. The van der Waals surface area contributed by atoms with Gasteiger partial charge < -0.3 is 14.2 Å². The highest BCUT2D eigenvalue weighted by atomic mass is 79.9. The van der Waals surface area contributed by atoms with E-state index in [2.05, 4.69) is 15.9 Å². The topological polar surface area (TPSA) is 142 Å². The van der Waals surface area contributed by atoms with E-state index < -0.39 is 58.0 Å². The molecule has 0 N–H and O–H groups in total. The average molecular weight is 509 g/mol. The molecule has 0 saturated carbocycles. The Balaban J connectivity index is 1.79. The zero-order chi connectivity index (χ0) is 23.6. The maximum Gasteiger partial charge on any atom is 0.305 e. The van der Waals surface area contributed by atoms with Gasteiger partial charge in [0.1, 0.15) is 0 Å². The summed E-state index contributed by atoms with van der Waals surface area (Å²) in [7, 11) is 0. The van der Waals surface area contributed by atoms with Crippen LogP contribution in [-0.4, -0.2) is 46.2 Å². The van der Waals surface area contributed by atoms with Crippen LogP contribution in [0.5, 0.6) is 0 Å². The lowest BCUT2D eigenvalue weighted by atomic mass is 9.72. The van der Waals surface area contributed by atoms with Crippen molar-refractivity contribution < 1.29 is 38.3 Å². The van der Waals surface area contributed by atoms with Crippen molar-refractivity contribution >= 4 is 51.1 Å². The van der Waals surface area contributed by atoms with Crippen molar-refractivity contribution in [3.63, 3.8) is 0 Å². The molecule has 2 fully saturated rings. The Hall–Kier alpha value is -3.12. The number of carbonyl (C=O) groups excluding carboxylic acids is 4. The van der Waals surface area contributed by atoms with Gasteiger partial charge in [-0.05, 0) is 35.0 Å². The maximum atomic E-state index is 13.5. The van der Waals surface area contributed by atoms with Gasteiger partial charge in [0, 0.05) is 30.5 Å². The van der Waals surface area contributed by atoms with Crippen LogP contribution >= 0.6 is 15.9 Å². The number of nitro benzene ring substituents is 1. The molecule has 3 aliphatic rings. The first kappa shape index (κ1) is 22.1. The molecule has 0 radical (unpaired) electrons. The molecular weight excluding hydrogens is 492 g/mol. The molecule has 2 amide bonds. The van der Waals surface area contributed by atoms with Gasteiger partial charge in [-0.2, -0.15) is 0 Å². The molecule has 0 aromatic heterocycles. The third kappa shape index (κ3) is 3.05. The van der Waals surface area contributed by atoms with Gasteiger partial charge in [-0.25, -0.2) is 4.90 Å². The molecule has 0 spiro atoms. The first-order valence-corrected chi connectivity index (χ1v) is 10.3. The number of hydrogen-bond acceptors (Lipinski definition) is 9. The second-order valence-electron chi connectivity index (χ2n) is 7.88. The van der Waals surface area contributed by atoms with E-state index in [9.17, 15) is 29.3 Å². The number of hydrogen-bond donors (Lipinski definition) is 0. The van der Waals surface area contributed by atoms with Gasteiger partial charge in [0.15, 0.2) is 5.60 Å². The molecule has 12 heteroatoms. The number of non-ortho nitro benzene ring substituents is 1. The van der Waals surface area contributed by atoms with E-state index in [-0.39, 0.29) is 15.8 Å². The number of nitro groups is 1. The average Bonchev–Trinajstić information content (AvgIpc) is 3.27. The first-order chi connectivity index (χ1) is 14.9. The van der Waals surface area contributed by atoms with Crippen LogP contribution in [0.25, 0.3) is 0 Å². The standard InChI is InChI=1S/C20H17BrN2O9/c1-9(24)30-18(31-10(2)25)20-7-6-19(3,32-20)14-15(20)17(27)22(16(14)26)13-5-4-11(23(28)29)8-12(13)21/h4-8,14-15,18H,1-3H3/t14-,15+,19-,20+/m1/s1. The molecule has 0 aliphatic carbocycles. The first-order valence-electron chi connectivity index (χ1n) is 9.48. The summed E-state index contributed by atoms with van der Waals surface area (Å²) in [6.45, 7) is 3.83. The summed E-state index contributed by atoms with van der Waals surface area (Å²) in [6, 6.07) is 3.65. The minimum Gasteiger partial charge on any atom is -0.422 e. The van der Waals surface area contributed by atoms with Crippen LogP contribution in [0.1, 0.15) is 20.8 Å². The molecular formula is C20H17BrN2O9. The normalized spacial score (nSPS) is 30.1. The fourth-order valence-corrected chi connectivity index (χ4v) is 5.14. The predicted molar refractivity (Wildman–Crippen MR) is 109 cm³/mol. The monoisotopic (exact) mass is 508 g/mol. The van der Waals surface area contributed by atoms with Gasteiger partial charge in [0.05, 0.1) is 28.0 Å². The van der Waals surface area contributed by atoms with Crippen molar-refractivity contribution in [2.24, 2.45) is 11.8 Å². The summed E-state index contributed by atoms with van der Waals surface area (Å²) >= 11 is 3.19. The van der Waals surface area contributed by atoms with Gasteiger partial charge >= 0.3 is 11.9 Å². The van der Waals surface area contributed by atoms with Gasteiger partial charge in [-0.15, -0.1) is 0 Å². The number of fused-ring (bicyclic) bond motifs is 5. The van der Waals surface area contributed by atoms with E-state index in [1.54, 1.807) is 13.0 Å². The molecule has 2 saturated heterocycles. The lowest BCUT2D eigenvalue weighted by Crippen LogP contribution is -2.52. The van der Waals surface area contributed by atoms with E-state index >= 15 is 0 Å². The number of amides is 2. The van der Waals surface area contributed by atoms with Crippen LogP contribution in [0.2, 0.25) is 0 Å². The third-order valence-corrected chi connectivity index (χ3v) is 6.41. The highest BCUT2D eigenvalue weighted by Gasteiger charge is 2.76. The van der Waals surface area contributed by atoms with E-state index in [0.29, 0.717) is 0 Å². The Kier molecular flexibility index (Phi) is 4.97. The van der Waals surface area contributed by atoms with Crippen LogP contribution in [-0.2, 0) is 33.4 Å². The second kappa shape index (κ2) is 7.20. The number of ether oxygens (including phenoxy) is 3. The fourth-order valence-electron chi connectivity index (χ4n) is 4.59. The van der Waals surface area contributed by atoms with Crippen LogP contribution in [0.3, 0.4) is 0 Å². The maximum absolute atomic E-state index is 13.5. The van der Waals surface area contributed by atoms with Crippen molar-refractivity contribution in [2.45, 2.75) is 38.3 Å². The molecule has 0 unspecified atom stereocenters. The Labute approximate surface area is 189 Å². The number of nitrogens with zero attached hydrogens (tertiary/aromatic N) is 2. The highest BCUT2D eigenvalue weighted by Crippen LogP contribution is 2.59. The number of esters is 2. The quantitative estimate of drug-likeness (QED) is 0.145. The Morgan fingerprint density at radius 1 is 1.16 bits per heavy atom. The third-order valence-electron chi connectivity index (χ3n) is 5.78. The van der Waals surface area contributed by atoms with Crippen molar-refractivity contribution in [1.29, 1.82) is 0 Å². The number of imide groups is 1. The summed E-state index contributed by atoms with van der Waals surface area (Å²) in [5, 5.41) is 11.0. The lowest BCUT2D eigenvalue weighted by Gasteiger charge is -2.34. The van der Waals surface area contributed by atoms with Crippen molar-refractivity contribution in [3.8, 4) is 0 Å². The molecule has 4 atom stereocenters. The van der Waals surface area contributed by atoms with Gasteiger partial charge in [-0.3, -0.25) is 29.3 Å². The minimum absolute atomic E-state index is 0.120. The zero-order valence-corrected chi connectivity index (χ0v) is 18.7. The van der Waals surface area contributed by atoms with E-state index in [0.717, 1.165) is 18.7 Å². The number of halogens is 1. The number of rotatable bonds is 5. The summed E-state index contributed by atoms with van der Waals surface area (Å²) < 4.78 is 16.6. The van der Waals surface area contributed by atoms with Crippen LogP contribution < -0.4 is 4.90 Å². The van der Waals surface area contributed by atoms with E-state index in [1.807, 2.05) is 0 Å². The molecule has 168 valence electrons. The molecule has 4 rings (SSSR count). The van der Waals surface area contributed by atoms with Crippen molar-refractivity contribution in [2.75, 3.05) is 4.90 Å².